The third-order valence-corrected chi connectivity index (χ3v) is 6.90. The van der Waals surface area contributed by atoms with E-state index in [-0.39, 0.29) is 24.1 Å². The molecule has 4 rings (SSSR count). The Labute approximate surface area is 211 Å². The Morgan fingerprint density at radius 3 is 2.74 bits per heavy atom. The van der Waals surface area contributed by atoms with Gasteiger partial charge in [0.15, 0.2) is 16.1 Å². The quantitative estimate of drug-likeness (QED) is 0.220. The monoisotopic (exact) mass is 509 g/mol. The molecule has 4 aromatic rings. The van der Waals surface area contributed by atoms with Crippen LogP contribution in [0.15, 0.2) is 65.7 Å². The second-order valence-electron chi connectivity index (χ2n) is 7.71. The van der Waals surface area contributed by atoms with Gasteiger partial charge in [-0.3, -0.25) is 9.36 Å². The van der Waals surface area contributed by atoms with Crippen molar-refractivity contribution in [1.29, 1.82) is 0 Å². The van der Waals surface area contributed by atoms with Gasteiger partial charge in [0.25, 0.3) is 0 Å². The van der Waals surface area contributed by atoms with Crippen LogP contribution in [0, 0.1) is 19.7 Å². The lowest BCUT2D eigenvalue weighted by Gasteiger charge is -2.09. The highest BCUT2D eigenvalue weighted by molar-refractivity contribution is 7.99. The number of thioether (sulfide) groups is 1. The lowest BCUT2D eigenvalue weighted by atomic mass is 10.1. The maximum absolute atomic E-state index is 13.1. The minimum Gasteiger partial charge on any atom is -0.486 e. The van der Waals surface area contributed by atoms with Gasteiger partial charge in [0.2, 0.25) is 5.91 Å². The van der Waals surface area contributed by atoms with Crippen molar-refractivity contribution in [2.45, 2.75) is 32.2 Å². The van der Waals surface area contributed by atoms with Crippen LogP contribution in [0.25, 0.3) is 11.3 Å². The third kappa shape index (κ3) is 6.34. The predicted octanol–water partition coefficient (Wildman–Crippen LogP) is 5.65. The summed E-state index contributed by atoms with van der Waals surface area (Å²) in [5, 5.41) is 14.3. The standard InChI is InChI=1S/C25H24FN5O2S2/c1-4-11-31-22(13-33-20-9-7-19(26)8-10-20)29-30-25(31)35-15-23(32)28-24-27-21(14-34-24)18-6-5-16(2)17(3)12-18/h4-10,12,14H,1,11,13,15H2,2-3H3,(H,27,28,32). The van der Waals surface area contributed by atoms with Gasteiger partial charge in [-0.2, -0.15) is 0 Å². The number of nitrogens with zero attached hydrogens (tertiary/aromatic N) is 4. The summed E-state index contributed by atoms with van der Waals surface area (Å²) < 4.78 is 20.6. The van der Waals surface area contributed by atoms with E-state index in [1.807, 2.05) is 16.0 Å². The molecular formula is C25H24FN5O2S2. The molecule has 10 heteroatoms. The highest BCUT2D eigenvalue weighted by atomic mass is 32.2. The van der Waals surface area contributed by atoms with Gasteiger partial charge in [-0.15, -0.1) is 28.1 Å². The van der Waals surface area contributed by atoms with Gasteiger partial charge in [0, 0.05) is 17.5 Å². The first-order valence-corrected chi connectivity index (χ1v) is 12.7. The number of hydrogen-bond donors (Lipinski definition) is 1. The van der Waals surface area contributed by atoms with Crippen LogP contribution in [0.2, 0.25) is 0 Å². The van der Waals surface area contributed by atoms with Crippen LogP contribution in [-0.2, 0) is 17.9 Å². The summed E-state index contributed by atoms with van der Waals surface area (Å²) in [5.41, 5.74) is 4.28. The van der Waals surface area contributed by atoms with E-state index in [4.69, 9.17) is 4.74 Å². The SMILES string of the molecule is C=CCn1c(COc2ccc(F)cc2)nnc1SCC(=O)Nc1nc(-c2ccc(C)c(C)c2)cs1. The number of thiazole rings is 1. The smallest absolute Gasteiger partial charge is 0.236 e. The number of carbonyl (C=O) groups is 1. The molecule has 1 amide bonds. The van der Waals surface area contributed by atoms with Crippen molar-refractivity contribution >= 4 is 34.1 Å². The molecule has 0 aliphatic rings. The minimum absolute atomic E-state index is 0.145. The van der Waals surface area contributed by atoms with E-state index in [9.17, 15) is 9.18 Å². The fourth-order valence-electron chi connectivity index (χ4n) is 3.17. The minimum atomic E-state index is -0.330. The molecule has 0 unspecified atom stereocenters. The first-order valence-electron chi connectivity index (χ1n) is 10.8. The van der Waals surface area contributed by atoms with E-state index >= 15 is 0 Å². The summed E-state index contributed by atoms with van der Waals surface area (Å²) in [6, 6.07) is 11.9. The highest BCUT2D eigenvalue weighted by Gasteiger charge is 2.15. The maximum atomic E-state index is 13.1. The molecule has 0 atom stereocenters. The molecule has 0 spiro atoms. The van der Waals surface area contributed by atoms with Crippen LogP contribution in [0.3, 0.4) is 0 Å². The molecule has 35 heavy (non-hydrogen) atoms. The van der Waals surface area contributed by atoms with Crippen molar-refractivity contribution in [3.63, 3.8) is 0 Å². The van der Waals surface area contributed by atoms with Crippen LogP contribution in [-0.4, -0.2) is 31.4 Å². The van der Waals surface area contributed by atoms with E-state index in [1.54, 1.807) is 18.2 Å². The molecule has 0 bridgehead atoms. The van der Waals surface area contributed by atoms with Gasteiger partial charge in [-0.05, 0) is 55.3 Å². The summed E-state index contributed by atoms with van der Waals surface area (Å²) in [6.07, 6.45) is 1.72. The van der Waals surface area contributed by atoms with E-state index in [2.05, 4.69) is 53.1 Å². The van der Waals surface area contributed by atoms with Crippen LogP contribution >= 0.6 is 23.1 Å². The largest absolute Gasteiger partial charge is 0.486 e. The van der Waals surface area contributed by atoms with Crippen molar-refractivity contribution < 1.29 is 13.9 Å². The zero-order valence-corrected chi connectivity index (χ0v) is 21.0. The molecule has 2 heterocycles. The van der Waals surface area contributed by atoms with Crippen molar-refractivity contribution in [3.05, 3.63) is 83.3 Å². The highest BCUT2D eigenvalue weighted by Crippen LogP contribution is 2.27. The zero-order valence-electron chi connectivity index (χ0n) is 19.3. The van der Waals surface area contributed by atoms with Crippen molar-refractivity contribution in [2.24, 2.45) is 0 Å². The Balaban J connectivity index is 1.35. The summed E-state index contributed by atoms with van der Waals surface area (Å²) in [6.45, 7) is 8.53. The first-order chi connectivity index (χ1) is 16.9. The summed E-state index contributed by atoms with van der Waals surface area (Å²) in [4.78, 5) is 17.1. The summed E-state index contributed by atoms with van der Waals surface area (Å²) in [5.74, 6) is 0.732. The van der Waals surface area contributed by atoms with Crippen molar-refractivity contribution in [1.82, 2.24) is 19.7 Å². The van der Waals surface area contributed by atoms with Gasteiger partial charge in [0.05, 0.1) is 11.4 Å². The average Bonchev–Trinajstić information content (AvgIpc) is 3.46. The lowest BCUT2D eigenvalue weighted by molar-refractivity contribution is -0.113. The van der Waals surface area contributed by atoms with Gasteiger partial charge in [-0.25, -0.2) is 9.37 Å². The number of carbonyl (C=O) groups excluding carboxylic acids is 1. The zero-order chi connectivity index (χ0) is 24.8. The van der Waals surface area contributed by atoms with Crippen LogP contribution < -0.4 is 10.1 Å². The number of amides is 1. The van der Waals surface area contributed by atoms with Crippen LogP contribution in [0.1, 0.15) is 17.0 Å². The molecule has 0 fully saturated rings. The number of anilines is 1. The number of aromatic nitrogens is 4. The Hall–Kier alpha value is -3.50. The fourth-order valence-corrected chi connectivity index (χ4v) is 4.68. The molecule has 0 radical (unpaired) electrons. The number of nitrogens with one attached hydrogen (secondary N) is 1. The van der Waals surface area contributed by atoms with Crippen molar-refractivity contribution in [2.75, 3.05) is 11.1 Å². The normalized spacial score (nSPS) is 10.8. The Morgan fingerprint density at radius 1 is 1.20 bits per heavy atom. The second-order valence-corrected chi connectivity index (χ2v) is 9.52. The molecule has 0 aliphatic heterocycles. The molecule has 1 N–H and O–H groups in total. The van der Waals surface area contributed by atoms with Gasteiger partial charge in [-0.1, -0.05) is 30.0 Å². The van der Waals surface area contributed by atoms with Gasteiger partial charge >= 0.3 is 0 Å². The Bertz CT molecular complexity index is 1330. The molecule has 0 saturated carbocycles. The fraction of sp³-hybridized carbons (Fsp3) is 0.200. The number of hydrogen-bond acceptors (Lipinski definition) is 7. The van der Waals surface area contributed by atoms with E-state index in [0.717, 1.165) is 11.3 Å². The van der Waals surface area contributed by atoms with E-state index in [1.165, 1.54) is 46.4 Å². The topological polar surface area (TPSA) is 81.9 Å². The number of ether oxygens (including phenoxy) is 1. The summed E-state index contributed by atoms with van der Waals surface area (Å²) in [7, 11) is 0. The third-order valence-electron chi connectivity index (χ3n) is 5.17. The summed E-state index contributed by atoms with van der Waals surface area (Å²) >= 11 is 2.65. The molecule has 7 nitrogen and oxygen atoms in total. The first kappa shape index (κ1) is 24.6. The van der Waals surface area contributed by atoms with E-state index in [0.29, 0.717) is 28.4 Å². The Kier molecular flexibility index (Phi) is 7.94. The molecular weight excluding hydrogens is 485 g/mol. The molecule has 2 aromatic heterocycles. The van der Waals surface area contributed by atoms with Crippen molar-refractivity contribution in [3.8, 4) is 17.0 Å². The van der Waals surface area contributed by atoms with Gasteiger partial charge < -0.3 is 10.1 Å². The second kappa shape index (κ2) is 11.3. The number of allylic oxidation sites excluding steroid dienone is 1. The number of benzene rings is 2. The number of halogens is 1. The molecule has 180 valence electrons. The Morgan fingerprint density at radius 2 is 2.00 bits per heavy atom. The average molecular weight is 510 g/mol. The van der Waals surface area contributed by atoms with Gasteiger partial charge in [0.1, 0.15) is 18.2 Å². The predicted molar refractivity (Wildman–Crippen MR) is 137 cm³/mol. The molecule has 2 aromatic carbocycles. The van der Waals surface area contributed by atoms with Crippen LogP contribution in [0.4, 0.5) is 9.52 Å². The number of rotatable bonds is 10. The lowest BCUT2D eigenvalue weighted by Crippen LogP contribution is -2.15. The molecule has 0 saturated heterocycles. The maximum Gasteiger partial charge on any atom is 0.236 e. The van der Waals surface area contributed by atoms with Crippen LogP contribution in [0.5, 0.6) is 5.75 Å². The number of aryl methyl sites for hydroxylation is 2. The molecule has 0 aliphatic carbocycles. The van der Waals surface area contributed by atoms with E-state index < -0.39 is 0 Å².